The molecule has 1 saturated heterocycles. The van der Waals surface area contributed by atoms with Gasteiger partial charge in [0.1, 0.15) is 6.54 Å². The smallest absolute Gasteiger partial charge is 0.242 e. The Morgan fingerprint density at radius 3 is 2.42 bits per heavy atom. The van der Waals surface area contributed by atoms with Crippen molar-refractivity contribution in [2.24, 2.45) is 11.8 Å². The van der Waals surface area contributed by atoms with Crippen LogP contribution in [0.2, 0.25) is 0 Å². The van der Waals surface area contributed by atoms with Crippen molar-refractivity contribution >= 4 is 40.3 Å². The number of benzene rings is 2. The number of carbonyl (C=O) groups excluding carboxylic acids is 2. The molecule has 33 heavy (non-hydrogen) atoms. The quantitative estimate of drug-likeness (QED) is 0.528. The maximum Gasteiger partial charge on any atom is 0.242 e. The first-order valence-corrected chi connectivity index (χ1v) is 12.5. The summed E-state index contributed by atoms with van der Waals surface area (Å²) in [6, 6.07) is 13.8. The van der Waals surface area contributed by atoms with Crippen LogP contribution in [0.5, 0.6) is 0 Å². The number of thioether (sulfide) groups is 1. The molecule has 2 heterocycles. The van der Waals surface area contributed by atoms with E-state index in [9.17, 15) is 9.59 Å². The molecule has 2 amide bonds. The van der Waals surface area contributed by atoms with Crippen LogP contribution in [-0.4, -0.2) is 45.1 Å². The Bertz CT molecular complexity index is 1140. The summed E-state index contributed by atoms with van der Waals surface area (Å²) in [5, 5.41) is 3.67. The summed E-state index contributed by atoms with van der Waals surface area (Å²) >= 11 is 1.37. The molecule has 7 heteroatoms. The maximum absolute atomic E-state index is 13.2. The van der Waals surface area contributed by atoms with E-state index in [0.29, 0.717) is 17.0 Å². The lowest BCUT2D eigenvalue weighted by atomic mass is 9.92. The van der Waals surface area contributed by atoms with Gasteiger partial charge in [0.15, 0.2) is 5.16 Å². The van der Waals surface area contributed by atoms with Crippen LogP contribution in [0, 0.1) is 25.7 Å². The number of anilines is 1. The monoisotopic (exact) mass is 464 g/mol. The number of imidazole rings is 1. The normalized spacial score (nSPS) is 18.5. The molecule has 174 valence electrons. The number of amides is 2. The molecule has 3 aromatic rings. The zero-order valence-electron chi connectivity index (χ0n) is 19.8. The van der Waals surface area contributed by atoms with Gasteiger partial charge in [0.05, 0.1) is 16.8 Å². The number of carbonyl (C=O) groups is 2. The second-order valence-corrected chi connectivity index (χ2v) is 10.4. The number of aromatic nitrogens is 2. The zero-order valence-corrected chi connectivity index (χ0v) is 20.6. The van der Waals surface area contributed by atoms with E-state index in [2.05, 4.69) is 25.2 Å². The number of nitrogens with zero attached hydrogens (tertiary/aromatic N) is 3. The number of para-hydroxylation sites is 2. The van der Waals surface area contributed by atoms with E-state index in [1.54, 1.807) is 0 Å². The maximum atomic E-state index is 13.2. The summed E-state index contributed by atoms with van der Waals surface area (Å²) in [6.07, 6.45) is 1.16. The molecule has 4 rings (SSSR count). The molecular weight excluding hydrogens is 432 g/mol. The van der Waals surface area contributed by atoms with Crippen molar-refractivity contribution in [2.45, 2.75) is 45.8 Å². The second kappa shape index (κ2) is 10.00. The molecule has 6 nitrogen and oxygen atoms in total. The molecule has 0 bridgehead atoms. The number of hydrogen-bond acceptors (Lipinski definition) is 4. The van der Waals surface area contributed by atoms with Gasteiger partial charge < -0.3 is 14.8 Å². The fourth-order valence-corrected chi connectivity index (χ4v) is 5.61. The van der Waals surface area contributed by atoms with Gasteiger partial charge in [-0.15, -0.1) is 0 Å². The topological polar surface area (TPSA) is 67.2 Å². The molecule has 1 aliphatic heterocycles. The average Bonchev–Trinajstić information content (AvgIpc) is 3.08. The number of aryl methyl sites for hydroxylation is 2. The lowest BCUT2D eigenvalue weighted by Crippen LogP contribution is -2.44. The minimum atomic E-state index is -0.0892. The second-order valence-electron chi connectivity index (χ2n) is 9.43. The van der Waals surface area contributed by atoms with Gasteiger partial charge in [0, 0.05) is 18.8 Å². The standard InChI is InChI=1S/C26H32N4O2S/c1-17-9-18(2)12-21(11-17)27-24(31)16-33-26-28-22-7-5-6-8-23(22)30(26)15-25(32)29-13-19(3)10-20(4)14-29/h5-9,11-12,19-20H,10,13-16H2,1-4H3,(H,27,31)/t19-,20-/m0/s1. The van der Waals surface area contributed by atoms with E-state index in [4.69, 9.17) is 4.98 Å². The van der Waals surface area contributed by atoms with Gasteiger partial charge in [-0.25, -0.2) is 4.98 Å². The molecule has 1 aliphatic rings. The van der Waals surface area contributed by atoms with Crippen molar-refractivity contribution < 1.29 is 9.59 Å². The summed E-state index contributed by atoms with van der Waals surface area (Å²) in [5.41, 5.74) is 4.78. The molecule has 1 aromatic heterocycles. The van der Waals surface area contributed by atoms with Crippen molar-refractivity contribution in [3.05, 3.63) is 53.6 Å². The highest BCUT2D eigenvalue weighted by Gasteiger charge is 2.26. The highest BCUT2D eigenvalue weighted by Crippen LogP contribution is 2.26. The van der Waals surface area contributed by atoms with Crippen molar-refractivity contribution in [2.75, 3.05) is 24.2 Å². The third kappa shape index (κ3) is 5.77. The molecule has 0 spiro atoms. The van der Waals surface area contributed by atoms with Gasteiger partial charge in [-0.1, -0.05) is 43.8 Å². The van der Waals surface area contributed by atoms with E-state index < -0.39 is 0 Å². The largest absolute Gasteiger partial charge is 0.341 e. The van der Waals surface area contributed by atoms with Crippen LogP contribution >= 0.6 is 11.8 Å². The van der Waals surface area contributed by atoms with Crippen LogP contribution in [0.4, 0.5) is 5.69 Å². The number of nitrogens with one attached hydrogen (secondary N) is 1. The van der Waals surface area contributed by atoms with Crippen LogP contribution in [0.3, 0.4) is 0 Å². The van der Waals surface area contributed by atoms with Crippen LogP contribution < -0.4 is 5.32 Å². The molecule has 0 saturated carbocycles. The molecule has 2 atom stereocenters. The van der Waals surface area contributed by atoms with Crippen molar-refractivity contribution in [3.63, 3.8) is 0 Å². The first kappa shape index (κ1) is 23.4. The SMILES string of the molecule is Cc1cc(C)cc(NC(=O)CSc2nc3ccccc3n2CC(=O)N2C[C@@H](C)C[C@H](C)C2)c1. The number of piperidine rings is 1. The van der Waals surface area contributed by atoms with Gasteiger partial charge in [0.2, 0.25) is 11.8 Å². The van der Waals surface area contributed by atoms with Crippen LogP contribution in [0.15, 0.2) is 47.6 Å². The average molecular weight is 465 g/mol. The Labute approximate surface area is 199 Å². The third-order valence-corrected chi connectivity index (χ3v) is 6.95. The Balaban J connectivity index is 1.49. The first-order chi connectivity index (χ1) is 15.8. The summed E-state index contributed by atoms with van der Waals surface area (Å²) < 4.78 is 1.95. The highest BCUT2D eigenvalue weighted by molar-refractivity contribution is 7.99. The molecule has 1 N–H and O–H groups in total. The fourth-order valence-electron chi connectivity index (χ4n) is 4.79. The number of rotatable bonds is 6. The lowest BCUT2D eigenvalue weighted by molar-refractivity contribution is -0.134. The summed E-state index contributed by atoms with van der Waals surface area (Å²) in [7, 11) is 0. The van der Waals surface area contributed by atoms with Crippen LogP contribution in [0.25, 0.3) is 11.0 Å². The van der Waals surface area contributed by atoms with Crippen molar-refractivity contribution in [1.29, 1.82) is 0 Å². The Morgan fingerprint density at radius 2 is 1.73 bits per heavy atom. The van der Waals surface area contributed by atoms with Crippen LogP contribution in [0.1, 0.15) is 31.4 Å². The predicted molar refractivity (Wildman–Crippen MR) is 135 cm³/mol. The van der Waals surface area contributed by atoms with Gasteiger partial charge >= 0.3 is 0 Å². The molecule has 0 unspecified atom stereocenters. The van der Waals surface area contributed by atoms with Gasteiger partial charge in [-0.2, -0.15) is 0 Å². The number of likely N-dealkylation sites (tertiary alicyclic amines) is 1. The molecule has 0 aliphatic carbocycles. The van der Waals surface area contributed by atoms with Crippen LogP contribution in [-0.2, 0) is 16.1 Å². The predicted octanol–water partition coefficient (Wildman–Crippen LogP) is 4.89. The Morgan fingerprint density at radius 1 is 1.06 bits per heavy atom. The van der Waals surface area contributed by atoms with Gasteiger partial charge in [-0.3, -0.25) is 9.59 Å². The summed E-state index contributed by atoms with van der Waals surface area (Å²) in [6.45, 7) is 10.3. The summed E-state index contributed by atoms with van der Waals surface area (Å²) in [4.78, 5) is 32.5. The van der Waals surface area contributed by atoms with E-state index >= 15 is 0 Å². The Hall–Kier alpha value is -2.80. The molecule has 2 aromatic carbocycles. The minimum absolute atomic E-state index is 0.0892. The third-order valence-electron chi connectivity index (χ3n) is 5.97. The molecular formula is C26H32N4O2S. The first-order valence-electron chi connectivity index (χ1n) is 11.5. The number of hydrogen-bond donors (Lipinski definition) is 1. The van der Waals surface area contributed by atoms with E-state index in [-0.39, 0.29) is 24.1 Å². The minimum Gasteiger partial charge on any atom is -0.341 e. The molecule has 0 radical (unpaired) electrons. The molecule has 1 fully saturated rings. The summed E-state index contributed by atoms with van der Waals surface area (Å²) in [5.74, 6) is 1.27. The Kier molecular flexibility index (Phi) is 7.08. The van der Waals surface area contributed by atoms with Gasteiger partial charge in [0.25, 0.3) is 0 Å². The number of fused-ring (bicyclic) bond motifs is 1. The van der Waals surface area contributed by atoms with Gasteiger partial charge in [-0.05, 0) is 67.5 Å². The van der Waals surface area contributed by atoms with Crippen molar-refractivity contribution in [3.8, 4) is 0 Å². The highest BCUT2D eigenvalue weighted by atomic mass is 32.2. The van der Waals surface area contributed by atoms with E-state index in [0.717, 1.165) is 47.4 Å². The lowest BCUT2D eigenvalue weighted by Gasteiger charge is -2.35. The van der Waals surface area contributed by atoms with E-state index in [1.807, 2.05) is 59.7 Å². The van der Waals surface area contributed by atoms with E-state index in [1.165, 1.54) is 11.8 Å². The fraction of sp³-hybridized carbons (Fsp3) is 0.423. The van der Waals surface area contributed by atoms with Crippen molar-refractivity contribution in [1.82, 2.24) is 14.5 Å². The zero-order chi connectivity index (χ0) is 23.5.